The summed E-state index contributed by atoms with van der Waals surface area (Å²) in [6.07, 6.45) is -2.06. The van der Waals surface area contributed by atoms with E-state index in [1.54, 1.807) is 12.1 Å². The smallest absolute Gasteiger partial charge is 0.370 e. The van der Waals surface area contributed by atoms with Crippen LogP contribution < -0.4 is 10.6 Å². The van der Waals surface area contributed by atoms with Gasteiger partial charge in [0.15, 0.2) is 0 Å². The maximum atomic E-state index is 12.4. The van der Waals surface area contributed by atoms with Gasteiger partial charge in [-0.2, -0.15) is 18.4 Å². The summed E-state index contributed by atoms with van der Waals surface area (Å²) in [5, 5.41) is 14.4. The second kappa shape index (κ2) is 9.57. The molecule has 0 saturated heterocycles. The number of nitriles is 1. The molecule has 0 aliphatic rings. The number of anilines is 1. The third-order valence-corrected chi connectivity index (χ3v) is 3.80. The van der Waals surface area contributed by atoms with Crippen LogP contribution in [0.25, 0.3) is 0 Å². The largest absolute Gasteiger partial charge is 0.417 e. The highest BCUT2D eigenvalue weighted by atomic mass is 19.4. The highest BCUT2D eigenvalue weighted by Crippen LogP contribution is 2.28. The van der Waals surface area contributed by atoms with Crippen LogP contribution in [0, 0.1) is 11.3 Å². The molecule has 0 aliphatic heterocycles. The van der Waals surface area contributed by atoms with Gasteiger partial charge < -0.3 is 10.6 Å². The number of carbonyl (C=O) groups excluding carboxylic acids is 1. The van der Waals surface area contributed by atoms with Crippen LogP contribution in [0.15, 0.2) is 42.6 Å². The molecule has 27 heavy (non-hydrogen) atoms. The Kier molecular flexibility index (Phi) is 7.17. The SMILES string of the molecule is N#Cc1ccc(CCC(=O)NCCCNc2ccc(C(F)(F)F)cn2)cc1. The number of halogens is 3. The van der Waals surface area contributed by atoms with E-state index >= 15 is 0 Å². The monoisotopic (exact) mass is 376 g/mol. The lowest BCUT2D eigenvalue weighted by Crippen LogP contribution is -2.26. The number of hydrogen-bond acceptors (Lipinski definition) is 4. The fraction of sp³-hybridized carbons (Fsp3) is 0.316. The minimum Gasteiger partial charge on any atom is -0.370 e. The number of carbonyl (C=O) groups is 1. The van der Waals surface area contributed by atoms with Gasteiger partial charge in [0.05, 0.1) is 17.2 Å². The predicted octanol–water partition coefficient (Wildman–Crippen LogP) is 3.52. The molecule has 0 spiro atoms. The third-order valence-electron chi connectivity index (χ3n) is 3.80. The topological polar surface area (TPSA) is 77.8 Å². The molecule has 0 fully saturated rings. The van der Waals surface area contributed by atoms with Gasteiger partial charge in [0.2, 0.25) is 5.91 Å². The number of nitrogens with zero attached hydrogens (tertiary/aromatic N) is 2. The standard InChI is InChI=1S/C19H19F3N4O/c20-19(21,22)16-7-8-17(26-13-16)24-10-1-11-25-18(27)9-6-14-2-4-15(12-23)5-3-14/h2-5,7-8,13H,1,6,9-11H2,(H,24,26)(H,25,27). The number of aromatic nitrogens is 1. The second-order valence-corrected chi connectivity index (χ2v) is 5.87. The van der Waals surface area contributed by atoms with Crippen LogP contribution in [0.5, 0.6) is 0 Å². The number of benzene rings is 1. The van der Waals surface area contributed by atoms with E-state index in [1.807, 2.05) is 18.2 Å². The van der Waals surface area contributed by atoms with Gasteiger partial charge in [-0.1, -0.05) is 12.1 Å². The molecule has 1 aromatic carbocycles. The zero-order valence-corrected chi connectivity index (χ0v) is 14.5. The van der Waals surface area contributed by atoms with Gasteiger partial charge in [0.25, 0.3) is 0 Å². The van der Waals surface area contributed by atoms with Crippen molar-refractivity contribution in [3.05, 3.63) is 59.3 Å². The lowest BCUT2D eigenvalue weighted by molar-refractivity contribution is -0.137. The average molecular weight is 376 g/mol. The van der Waals surface area contributed by atoms with Gasteiger partial charge in [-0.15, -0.1) is 0 Å². The van der Waals surface area contributed by atoms with Crippen molar-refractivity contribution in [1.82, 2.24) is 10.3 Å². The molecule has 5 nitrogen and oxygen atoms in total. The Bertz CT molecular complexity index is 781. The number of amides is 1. The lowest BCUT2D eigenvalue weighted by atomic mass is 10.1. The van der Waals surface area contributed by atoms with Crippen LogP contribution in [0.4, 0.5) is 19.0 Å². The number of rotatable bonds is 8. The Labute approximate surface area is 155 Å². The molecule has 0 bridgehead atoms. The summed E-state index contributed by atoms with van der Waals surface area (Å²) >= 11 is 0. The number of aryl methyl sites for hydroxylation is 1. The fourth-order valence-electron chi connectivity index (χ4n) is 2.29. The van der Waals surface area contributed by atoms with Gasteiger partial charge in [-0.05, 0) is 42.7 Å². The Balaban J connectivity index is 1.60. The zero-order chi connectivity index (χ0) is 19.7. The number of nitrogens with one attached hydrogen (secondary N) is 2. The van der Waals surface area contributed by atoms with E-state index in [0.717, 1.165) is 17.8 Å². The van der Waals surface area contributed by atoms with Crippen molar-refractivity contribution in [2.75, 3.05) is 18.4 Å². The van der Waals surface area contributed by atoms with Gasteiger partial charge in [0, 0.05) is 25.7 Å². The number of hydrogen-bond donors (Lipinski definition) is 2. The van der Waals surface area contributed by atoms with Crippen LogP contribution in [0.3, 0.4) is 0 Å². The minimum absolute atomic E-state index is 0.0768. The van der Waals surface area contributed by atoms with Crippen molar-refractivity contribution in [1.29, 1.82) is 5.26 Å². The minimum atomic E-state index is -4.40. The molecule has 0 aliphatic carbocycles. The second-order valence-electron chi connectivity index (χ2n) is 5.87. The van der Waals surface area contributed by atoms with E-state index < -0.39 is 11.7 Å². The van der Waals surface area contributed by atoms with Crippen LogP contribution in [-0.4, -0.2) is 24.0 Å². The summed E-state index contributed by atoms with van der Waals surface area (Å²) in [5.41, 5.74) is 0.778. The van der Waals surface area contributed by atoms with Crippen molar-refractivity contribution >= 4 is 11.7 Å². The van der Waals surface area contributed by atoms with E-state index in [0.29, 0.717) is 43.7 Å². The first kappa shape index (κ1) is 20.2. The zero-order valence-electron chi connectivity index (χ0n) is 14.5. The van der Waals surface area contributed by atoms with Crippen LogP contribution in [-0.2, 0) is 17.4 Å². The number of alkyl halides is 3. The van der Waals surface area contributed by atoms with Crippen LogP contribution >= 0.6 is 0 Å². The molecule has 0 radical (unpaired) electrons. The molecule has 2 N–H and O–H groups in total. The summed E-state index contributed by atoms with van der Waals surface area (Å²) in [4.78, 5) is 15.5. The summed E-state index contributed by atoms with van der Waals surface area (Å²) in [5.74, 6) is 0.280. The molecule has 142 valence electrons. The Morgan fingerprint density at radius 1 is 1.11 bits per heavy atom. The summed E-state index contributed by atoms with van der Waals surface area (Å²) < 4.78 is 37.3. The van der Waals surface area contributed by atoms with Crippen LogP contribution in [0.2, 0.25) is 0 Å². The fourth-order valence-corrected chi connectivity index (χ4v) is 2.29. The molecule has 0 saturated carbocycles. The molecule has 2 aromatic rings. The summed E-state index contributed by atoms with van der Waals surface area (Å²) in [6.45, 7) is 0.939. The highest BCUT2D eigenvalue weighted by Gasteiger charge is 2.30. The molecule has 0 atom stereocenters. The predicted molar refractivity (Wildman–Crippen MR) is 94.8 cm³/mol. The molecular formula is C19H19F3N4O. The van der Waals surface area contributed by atoms with Gasteiger partial charge in [-0.25, -0.2) is 4.98 Å². The maximum Gasteiger partial charge on any atom is 0.417 e. The van der Waals surface area contributed by atoms with Crippen molar-refractivity contribution in [2.45, 2.75) is 25.4 Å². The van der Waals surface area contributed by atoms with E-state index in [9.17, 15) is 18.0 Å². The van der Waals surface area contributed by atoms with Crippen LogP contribution in [0.1, 0.15) is 29.5 Å². The van der Waals surface area contributed by atoms with Gasteiger partial charge >= 0.3 is 6.18 Å². The first-order chi connectivity index (χ1) is 12.9. The van der Waals surface area contributed by atoms with E-state index in [1.165, 1.54) is 6.07 Å². The molecule has 1 amide bonds. The summed E-state index contributed by atoms with van der Waals surface area (Å²) in [7, 11) is 0. The summed E-state index contributed by atoms with van der Waals surface area (Å²) in [6, 6.07) is 11.4. The van der Waals surface area contributed by atoms with Gasteiger partial charge in [-0.3, -0.25) is 4.79 Å². The first-order valence-electron chi connectivity index (χ1n) is 8.41. The van der Waals surface area contributed by atoms with Gasteiger partial charge in [0.1, 0.15) is 5.82 Å². The third kappa shape index (κ3) is 6.98. The highest BCUT2D eigenvalue weighted by molar-refractivity contribution is 5.76. The van der Waals surface area contributed by atoms with E-state index in [4.69, 9.17) is 5.26 Å². The van der Waals surface area contributed by atoms with E-state index in [-0.39, 0.29) is 5.91 Å². The lowest BCUT2D eigenvalue weighted by Gasteiger charge is -2.09. The molecule has 8 heteroatoms. The Morgan fingerprint density at radius 2 is 1.85 bits per heavy atom. The first-order valence-corrected chi connectivity index (χ1v) is 8.41. The molecule has 1 heterocycles. The van der Waals surface area contributed by atoms with Crippen molar-refractivity contribution < 1.29 is 18.0 Å². The van der Waals surface area contributed by atoms with E-state index in [2.05, 4.69) is 15.6 Å². The average Bonchev–Trinajstić information content (AvgIpc) is 2.66. The van der Waals surface area contributed by atoms with Crippen molar-refractivity contribution in [2.24, 2.45) is 0 Å². The molecule has 2 rings (SSSR count). The Hall–Kier alpha value is -3.08. The maximum absolute atomic E-state index is 12.4. The Morgan fingerprint density at radius 3 is 2.44 bits per heavy atom. The quantitative estimate of drug-likeness (QED) is 0.691. The molecule has 1 aromatic heterocycles. The number of pyridine rings is 1. The van der Waals surface area contributed by atoms with Crippen molar-refractivity contribution in [3.63, 3.8) is 0 Å². The normalized spacial score (nSPS) is 10.9. The van der Waals surface area contributed by atoms with Crippen molar-refractivity contribution in [3.8, 4) is 6.07 Å². The molecular weight excluding hydrogens is 357 g/mol. The molecule has 0 unspecified atom stereocenters.